The van der Waals surface area contributed by atoms with E-state index in [9.17, 15) is 9.90 Å². The molecule has 14 heavy (non-hydrogen) atoms. The molecule has 75 valence electrons. The van der Waals surface area contributed by atoms with Crippen molar-refractivity contribution in [2.24, 2.45) is 0 Å². The molecule has 1 N–H and O–H groups in total. The summed E-state index contributed by atoms with van der Waals surface area (Å²) < 4.78 is 0. The molecule has 0 aromatic carbocycles. The lowest BCUT2D eigenvalue weighted by atomic mass is 10.3. The zero-order valence-electron chi connectivity index (χ0n) is 8.12. The Morgan fingerprint density at radius 1 is 1.57 bits per heavy atom. The summed E-state index contributed by atoms with van der Waals surface area (Å²) in [7, 11) is 0. The molecule has 0 aliphatic rings. The van der Waals surface area contributed by atoms with E-state index in [2.05, 4.69) is 10.3 Å². The summed E-state index contributed by atoms with van der Waals surface area (Å²) in [6.45, 7) is 2.67. The number of rotatable bonds is 4. The third-order valence-corrected chi connectivity index (χ3v) is 1.78. The molecule has 4 nitrogen and oxygen atoms in total. The average Bonchev–Trinajstić information content (AvgIpc) is 2.18. The number of carbonyl (C=O) groups excluding carboxylic acids is 1. The van der Waals surface area contributed by atoms with Crippen molar-refractivity contribution < 1.29 is 9.90 Å². The molecular weight excluding hydrogens is 180 g/mol. The van der Waals surface area contributed by atoms with Gasteiger partial charge in [0.2, 0.25) is 0 Å². The monoisotopic (exact) mass is 193 g/mol. The number of aromatic nitrogens is 1. The first-order chi connectivity index (χ1) is 6.74. The predicted molar refractivity (Wildman–Crippen MR) is 51.6 cm³/mol. The van der Waals surface area contributed by atoms with Crippen LogP contribution in [0.2, 0.25) is 0 Å². The third-order valence-electron chi connectivity index (χ3n) is 1.78. The molecule has 0 fully saturated rings. The van der Waals surface area contributed by atoms with Gasteiger partial charge in [-0.3, -0.25) is 14.9 Å². The Hall–Kier alpha value is -1.58. The van der Waals surface area contributed by atoms with Crippen molar-refractivity contribution in [3.63, 3.8) is 0 Å². The SMILES string of the molecule is CCCCNC(=O)c1cc([O])ccn1. The van der Waals surface area contributed by atoms with Gasteiger partial charge in [-0.2, -0.15) is 0 Å². The van der Waals surface area contributed by atoms with Gasteiger partial charge in [-0.1, -0.05) is 13.3 Å². The molecule has 4 heteroatoms. The molecule has 1 aromatic rings. The number of hydrogen-bond acceptors (Lipinski definition) is 2. The molecule has 0 bridgehead atoms. The highest BCUT2D eigenvalue weighted by molar-refractivity contribution is 5.92. The van der Waals surface area contributed by atoms with Crippen LogP contribution in [0.1, 0.15) is 30.3 Å². The summed E-state index contributed by atoms with van der Waals surface area (Å²) in [6, 6.07) is 2.56. The second kappa shape index (κ2) is 5.21. The van der Waals surface area contributed by atoms with Gasteiger partial charge < -0.3 is 5.32 Å². The maximum absolute atomic E-state index is 11.4. The second-order valence-corrected chi connectivity index (χ2v) is 2.99. The molecule has 1 rings (SSSR count). The highest BCUT2D eigenvalue weighted by Gasteiger charge is 2.06. The Bertz CT molecular complexity index is 313. The molecule has 1 amide bonds. The topological polar surface area (TPSA) is 61.9 Å². The van der Waals surface area contributed by atoms with E-state index in [1.807, 2.05) is 6.92 Å². The molecule has 0 aliphatic heterocycles. The highest BCUT2D eigenvalue weighted by atomic mass is 16.3. The van der Waals surface area contributed by atoms with Crippen molar-refractivity contribution in [1.82, 2.24) is 10.3 Å². The number of nitrogens with zero attached hydrogens (tertiary/aromatic N) is 1. The Morgan fingerprint density at radius 3 is 3.00 bits per heavy atom. The van der Waals surface area contributed by atoms with Crippen LogP contribution < -0.4 is 5.32 Å². The predicted octanol–water partition coefficient (Wildman–Crippen LogP) is 1.76. The zero-order chi connectivity index (χ0) is 10.4. The van der Waals surface area contributed by atoms with Gasteiger partial charge in [0.1, 0.15) is 5.69 Å². The molecule has 0 saturated carbocycles. The first-order valence-electron chi connectivity index (χ1n) is 4.65. The van der Waals surface area contributed by atoms with Crippen molar-refractivity contribution in [1.29, 1.82) is 0 Å². The maximum atomic E-state index is 11.4. The van der Waals surface area contributed by atoms with E-state index in [1.54, 1.807) is 0 Å². The van der Waals surface area contributed by atoms with E-state index < -0.39 is 0 Å². The molecule has 0 unspecified atom stereocenters. The van der Waals surface area contributed by atoms with Crippen molar-refractivity contribution in [2.45, 2.75) is 19.8 Å². The average molecular weight is 193 g/mol. The minimum Gasteiger partial charge on any atom is -0.351 e. The van der Waals surface area contributed by atoms with Crippen LogP contribution in [0.25, 0.3) is 0 Å². The summed E-state index contributed by atoms with van der Waals surface area (Å²) in [5.74, 6) is -0.475. The molecule has 0 saturated heterocycles. The highest BCUT2D eigenvalue weighted by Crippen LogP contribution is 2.08. The van der Waals surface area contributed by atoms with Gasteiger partial charge in [0.25, 0.3) is 5.91 Å². The fourth-order valence-electron chi connectivity index (χ4n) is 1.00. The molecule has 1 aromatic heterocycles. The minimum absolute atomic E-state index is 0.189. The molecular formula is C10H13N2O2. The normalized spacial score (nSPS) is 9.79. The fourth-order valence-corrected chi connectivity index (χ4v) is 1.00. The number of carbonyl (C=O) groups is 1. The Kier molecular flexibility index (Phi) is 3.91. The number of unbranched alkanes of at least 4 members (excludes halogenated alkanes) is 1. The van der Waals surface area contributed by atoms with Gasteiger partial charge in [-0.05, 0) is 6.42 Å². The largest absolute Gasteiger partial charge is 0.351 e. The summed E-state index contributed by atoms with van der Waals surface area (Å²) in [5.41, 5.74) is 0.189. The molecule has 0 spiro atoms. The maximum Gasteiger partial charge on any atom is 0.270 e. The van der Waals surface area contributed by atoms with Crippen LogP contribution in [0, 0.1) is 0 Å². The van der Waals surface area contributed by atoms with Crippen LogP contribution in [0.3, 0.4) is 0 Å². The molecule has 1 heterocycles. The molecule has 0 atom stereocenters. The Balaban J connectivity index is 2.52. The van der Waals surface area contributed by atoms with E-state index in [4.69, 9.17) is 0 Å². The zero-order valence-corrected chi connectivity index (χ0v) is 8.12. The van der Waals surface area contributed by atoms with Crippen LogP contribution in [-0.2, 0) is 5.11 Å². The lowest BCUT2D eigenvalue weighted by molar-refractivity contribution is 0.0947. The van der Waals surface area contributed by atoms with Crippen LogP contribution in [0.15, 0.2) is 18.3 Å². The van der Waals surface area contributed by atoms with Crippen LogP contribution >= 0.6 is 0 Å². The summed E-state index contributed by atoms with van der Waals surface area (Å²) in [6.07, 6.45) is 3.30. The van der Waals surface area contributed by atoms with Gasteiger partial charge in [0.15, 0.2) is 5.75 Å². The number of pyridine rings is 1. The van der Waals surface area contributed by atoms with Crippen molar-refractivity contribution in [3.8, 4) is 5.75 Å². The van der Waals surface area contributed by atoms with Gasteiger partial charge in [-0.25, -0.2) is 0 Å². The summed E-state index contributed by atoms with van der Waals surface area (Å²) in [4.78, 5) is 15.2. The standard InChI is InChI=1S/C10H13N2O2/c1-2-3-5-12-10(14)9-7-8(13)4-6-11-9/h4,6-7H,2-3,5H2,1H3,(H,12,14). The van der Waals surface area contributed by atoms with Crippen LogP contribution in [0.5, 0.6) is 5.75 Å². The number of amides is 1. The van der Waals surface area contributed by atoms with Gasteiger partial charge >= 0.3 is 0 Å². The first kappa shape index (κ1) is 10.5. The summed E-state index contributed by atoms with van der Waals surface area (Å²) >= 11 is 0. The number of nitrogens with one attached hydrogen (secondary N) is 1. The van der Waals surface area contributed by atoms with Crippen LogP contribution in [-0.4, -0.2) is 17.4 Å². The van der Waals surface area contributed by atoms with Crippen LogP contribution in [0.4, 0.5) is 0 Å². The van der Waals surface area contributed by atoms with E-state index in [0.29, 0.717) is 6.54 Å². The first-order valence-corrected chi connectivity index (χ1v) is 4.65. The van der Waals surface area contributed by atoms with E-state index in [0.717, 1.165) is 12.8 Å². The van der Waals surface area contributed by atoms with E-state index >= 15 is 0 Å². The fraction of sp³-hybridized carbons (Fsp3) is 0.400. The van der Waals surface area contributed by atoms with Gasteiger partial charge in [0.05, 0.1) is 0 Å². The molecule has 1 radical (unpaired) electrons. The lowest BCUT2D eigenvalue weighted by Crippen LogP contribution is -2.25. The Morgan fingerprint density at radius 2 is 2.36 bits per heavy atom. The van der Waals surface area contributed by atoms with E-state index in [-0.39, 0.29) is 17.4 Å². The van der Waals surface area contributed by atoms with Gasteiger partial charge in [0, 0.05) is 24.9 Å². The van der Waals surface area contributed by atoms with Gasteiger partial charge in [-0.15, -0.1) is 0 Å². The smallest absolute Gasteiger partial charge is 0.270 e. The second-order valence-electron chi connectivity index (χ2n) is 2.99. The van der Waals surface area contributed by atoms with E-state index in [1.165, 1.54) is 18.3 Å². The van der Waals surface area contributed by atoms with Crippen molar-refractivity contribution in [2.75, 3.05) is 6.54 Å². The van der Waals surface area contributed by atoms with Crippen molar-refractivity contribution >= 4 is 5.91 Å². The lowest BCUT2D eigenvalue weighted by Gasteiger charge is -2.02. The Labute approximate surface area is 83.0 Å². The minimum atomic E-state index is -0.281. The quantitative estimate of drug-likeness (QED) is 0.740. The van der Waals surface area contributed by atoms with Crippen molar-refractivity contribution in [3.05, 3.63) is 24.0 Å². The molecule has 0 aliphatic carbocycles. The summed E-state index contributed by atoms with van der Waals surface area (Å²) in [5, 5.41) is 13.6. The number of hydrogen-bond donors (Lipinski definition) is 1. The third kappa shape index (κ3) is 3.05.